The third-order valence-corrected chi connectivity index (χ3v) is 4.09. The fourth-order valence-corrected chi connectivity index (χ4v) is 2.76. The Morgan fingerprint density at radius 2 is 2.10 bits per heavy atom. The number of rotatable bonds is 3. The molecule has 3 aromatic rings. The number of imidazole rings is 1. The summed E-state index contributed by atoms with van der Waals surface area (Å²) >= 11 is 5.87. The summed E-state index contributed by atoms with van der Waals surface area (Å²) in [6.45, 7) is 0. The molecule has 0 spiro atoms. The summed E-state index contributed by atoms with van der Waals surface area (Å²) in [5.41, 5.74) is 3.49. The molecule has 1 atom stereocenters. The fourth-order valence-electron chi connectivity index (χ4n) is 2.58. The summed E-state index contributed by atoms with van der Waals surface area (Å²) in [6.07, 6.45) is 7.31. The molecule has 0 bridgehead atoms. The summed E-state index contributed by atoms with van der Waals surface area (Å²) in [6, 6.07) is 7.53. The van der Waals surface area contributed by atoms with Crippen LogP contribution in [0.15, 0.2) is 42.9 Å². The number of aliphatic hydroxyl groups is 1. The molecular formula is C16H14ClN3O. The van der Waals surface area contributed by atoms with Crippen molar-refractivity contribution in [3.63, 3.8) is 0 Å². The number of hydrogen-bond acceptors (Lipinski definition) is 3. The highest BCUT2D eigenvalue weighted by atomic mass is 35.5. The highest BCUT2D eigenvalue weighted by Crippen LogP contribution is 2.40. The number of halogens is 1. The molecule has 1 N–H and O–H groups in total. The lowest BCUT2D eigenvalue weighted by molar-refractivity contribution is 0.216. The van der Waals surface area contributed by atoms with Crippen molar-refractivity contribution < 1.29 is 5.11 Å². The third-order valence-electron chi connectivity index (χ3n) is 3.89. The van der Waals surface area contributed by atoms with E-state index >= 15 is 0 Å². The molecule has 1 fully saturated rings. The van der Waals surface area contributed by atoms with Crippen LogP contribution in [0.2, 0.25) is 5.15 Å². The second-order valence-electron chi connectivity index (χ2n) is 5.48. The number of pyridine rings is 2. The molecule has 0 saturated heterocycles. The molecule has 0 amide bonds. The van der Waals surface area contributed by atoms with Crippen LogP contribution in [0, 0.1) is 0 Å². The molecule has 4 rings (SSSR count). The van der Waals surface area contributed by atoms with Crippen LogP contribution in [0.25, 0.3) is 5.65 Å². The van der Waals surface area contributed by atoms with Crippen LogP contribution >= 0.6 is 11.6 Å². The molecule has 4 nitrogen and oxygen atoms in total. The van der Waals surface area contributed by atoms with Crippen molar-refractivity contribution in [2.45, 2.75) is 24.9 Å². The summed E-state index contributed by atoms with van der Waals surface area (Å²) in [4.78, 5) is 8.41. The number of fused-ring (bicyclic) bond motifs is 1. The highest BCUT2D eigenvalue weighted by Gasteiger charge is 2.24. The first kappa shape index (κ1) is 12.8. The van der Waals surface area contributed by atoms with Gasteiger partial charge in [0, 0.05) is 18.6 Å². The van der Waals surface area contributed by atoms with Crippen LogP contribution < -0.4 is 0 Å². The van der Waals surface area contributed by atoms with Gasteiger partial charge in [-0.05, 0) is 48.1 Å². The quantitative estimate of drug-likeness (QED) is 0.755. The van der Waals surface area contributed by atoms with Crippen molar-refractivity contribution >= 4 is 17.2 Å². The standard InChI is InChI=1S/C16H14ClN3O/c17-14-7-11(5-6-18-14)16(21)13-9-20-8-12(10-1-2-10)3-4-15(20)19-13/h3-10,16,21H,1-2H2. The Hall–Kier alpha value is -1.91. The lowest BCUT2D eigenvalue weighted by atomic mass is 10.1. The van der Waals surface area contributed by atoms with Gasteiger partial charge in [0.15, 0.2) is 0 Å². The van der Waals surface area contributed by atoms with Crippen molar-refractivity contribution in [1.29, 1.82) is 0 Å². The minimum atomic E-state index is -0.797. The summed E-state index contributed by atoms with van der Waals surface area (Å²) in [5, 5.41) is 10.8. The lowest BCUT2D eigenvalue weighted by Crippen LogP contribution is -2.00. The SMILES string of the molecule is OC(c1ccnc(Cl)c1)c1cn2cc(C3CC3)ccc2n1. The van der Waals surface area contributed by atoms with Gasteiger partial charge >= 0.3 is 0 Å². The number of aliphatic hydroxyl groups excluding tert-OH is 1. The zero-order valence-corrected chi connectivity index (χ0v) is 12.0. The van der Waals surface area contributed by atoms with Crippen molar-refractivity contribution in [3.05, 3.63) is 64.8 Å². The molecular weight excluding hydrogens is 286 g/mol. The van der Waals surface area contributed by atoms with Crippen molar-refractivity contribution in [2.24, 2.45) is 0 Å². The van der Waals surface area contributed by atoms with E-state index in [1.807, 2.05) is 16.7 Å². The van der Waals surface area contributed by atoms with E-state index in [4.69, 9.17) is 11.6 Å². The van der Waals surface area contributed by atoms with E-state index in [0.29, 0.717) is 22.3 Å². The van der Waals surface area contributed by atoms with Crippen molar-refractivity contribution in [2.75, 3.05) is 0 Å². The van der Waals surface area contributed by atoms with Gasteiger partial charge in [-0.15, -0.1) is 0 Å². The number of nitrogens with zero attached hydrogens (tertiary/aromatic N) is 3. The molecule has 106 valence electrons. The van der Waals surface area contributed by atoms with E-state index in [1.165, 1.54) is 18.4 Å². The van der Waals surface area contributed by atoms with Crippen LogP contribution in [-0.4, -0.2) is 19.5 Å². The third kappa shape index (κ3) is 2.41. The molecule has 5 heteroatoms. The summed E-state index contributed by atoms with van der Waals surface area (Å²) < 4.78 is 1.98. The molecule has 3 heterocycles. The smallest absolute Gasteiger partial charge is 0.137 e. The normalized spacial score (nSPS) is 16.3. The second kappa shape index (κ2) is 4.83. The Morgan fingerprint density at radius 3 is 2.86 bits per heavy atom. The second-order valence-corrected chi connectivity index (χ2v) is 5.87. The molecule has 0 aromatic carbocycles. The molecule has 0 aliphatic heterocycles. The Labute approximate surface area is 127 Å². The van der Waals surface area contributed by atoms with E-state index < -0.39 is 6.10 Å². The maximum atomic E-state index is 10.4. The van der Waals surface area contributed by atoms with Gasteiger partial charge in [0.2, 0.25) is 0 Å². The maximum absolute atomic E-state index is 10.4. The average molecular weight is 300 g/mol. The van der Waals surface area contributed by atoms with Gasteiger partial charge < -0.3 is 9.51 Å². The molecule has 1 saturated carbocycles. The molecule has 3 aromatic heterocycles. The van der Waals surface area contributed by atoms with Crippen molar-refractivity contribution in [1.82, 2.24) is 14.4 Å². The fraction of sp³-hybridized carbons (Fsp3) is 0.250. The number of aromatic nitrogens is 3. The van der Waals surface area contributed by atoms with Gasteiger partial charge in [-0.25, -0.2) is 9.97 Å². The minimum Gasteiger partial charge on any atom is -0.382 e. The van der Waals surface area contributed by atoms with Crippen molar-refractivity contribution in [3.8, 4) is 0 Å². The van der Waals surface area contributed by atoms with Gasteiger partial charge in [-0.2, -0.15) is 0 Å². The first-order valence-electron chi connectivity index (χ1n) is 6.99. The highest BCUT2D eigenvalue weighted by molar-refractivity contribution is 6.29. The summed E-state index contributed by atoms with van der Waals surface area (Å²) in [7, 11) is 0. The zero-order chi connectivity index (χ0) is 14.4. The molecule has 1 aliphatic carbocycles. The van der Waals surface area contributed by atoms with Gasteiger partial charge in [-0.1, -0.05) is 17.7 Å². The molecule has 1 unspecified atom stereocenters. The predicted octanol–water partition coefficient (Wildman–Crippen LogP) is 3.34. The van der Waals surface area contributed by atoms with E-state index in [1.54, 1.807) is 18.3 Å². The Bertz CT molecular complexity index is 810. The Balaban J connectivity index is 1.72. The molecule has 1 aliphatic rings. The van der Waals surface area contributed by atoms with Gasteiger partial charge in [0.1, 0.15) is 16.9 Å². The zero-order valence-electron chi connectivity index (χ0n) is 11.3. The molecule has 21 heavy (non-hydrogen) atoms. The first-order chi connectivity index (χ1) is 10.2. The van der Waals surface area contributed by atoms with Crippen LogP contribution in [-0.2, 0) is 0 Å². The van der Waals surface area contributed by atoms with E-state index in [0.717, 1.165) is 5.65 Å². The molecule has 0 radical (unpaired) electrons. The number of hydrogen-bond donors (Lipinski definition) is 1. The maximum Gasteiger partial charge on any atom is 0.137 e. The lowest BCUT2D eigenvalue weighted by Gasteiger charge is -2.07. The average Bonchev–Trinajstić information content (AvgIpc) is 3.25. The van der Waals surface area contributed by atoms with Gasteiger partial charge in [0.25, 0.3) is 0 Å². The Morgan fingerprint density at radius 1 is 1.24 bits per heavy atom. The largest absolute Gasteiger partial charge is 0.382 e. The van der Waals surface area contributed by atoms with E-state index in [-0.39, 0.29) is 0 Å². The van der Waals surface area contributed by atoms with Crippen LogP contribution in [0.4, 0.5) is 0 Å². The van der Waals surface area contributed by atoms with Crippen LogP contribution in [0.5, 0.6) is 0 Å². The van der Waals surface area contributed by atoms with Crippen LogP contribution in [0.3, 0.4) is 0 Å². The summed E-state index contributed by atoms with van der Waals surface area (Å²) in [5.74, 6) is 0.698. The van der Waals surface area contributed by atoms with E-state index in [9.17, 15) is 5.11 Å². The Kier molecular flexibility index (Phi) is 2.94. The van der Waals surface area contributed by atoms with Crippen LogP contribution in [0.1, 0.15) is 41.7 Å². The van der Waals surface area contributed by atoms with Gasteiger partial charge in [0.05, 0.1) is 5.69 Å². The van der Waals surface area contributed by atoms with Gasteiger partial charge in [-0.3, -0.25) is 0 Å². The topological polar surface area (TPSA) is 50.4 Å². The minimum absolute atomic E-state index is 0.367. The first-order valence-corrected chi connectivity index (χ1v) is 7.36. The monoisotopic (exact) mass is 299 g/mol. The van der Waals surface area contributed by atoms with E-state index in [2.05, 4.69) is 22.2 Å². The predicted molar refractivity (Wildman–Crippen MR) is 80.5 cm³/mol.